The Morgan fingerprint density at radius 2 is 2.25 bits per heavy atom. The highest BCUT2D eigenvalue weighted by atomic mass is 16.5. The normalized spacial score (nSPS) is 31.2. The molecule has 1 N–H and O–H groups in total. The van der Waals surface area contributed by atoms with Gasteiger partial charge in [0.15, 0.2) is 0 Å². The number of aryl methyl sites for hydroxylation is 1. The van der Waals surface area contributed by atoms with Crippen LogP contribution in [-0.4, -0.2) is 35.6 Å². The van der Waals surface area contributed by atoms with E-state index in [1.165, 1.54) is 11.1 Å². The summed E-state index contributed by atoms with van der Waals surface area (Å²) >= 11 is 0. The van der Waals surface area contributed by atoms with E-state index >= 15 is 0 Å². The van der Waals surface area contributed by atoms with Gasteiger partial charge < -0.3 is 9.64 Å². The van der Waals surface area contributed by atoms with E-state index in [9.17, 15) is 4.79 Å². The third-order valence-corrected chi connectivity index (χ3v) is 4.74. The molecule has 1 spiro atoms. The van der Waals surface area contributed by atoms with Crippen molar-refractivity contribution in [2.75, 3.05) is 13.2 Å². The lowest BCUT2D eigenvalue weighted by atomic mass is 10.1. The third kappa shape index (κ3) is 1.79. The fourth-order valence-corrected chi connectivity index (χ4v) is 3.44. The molecule has 1 aromatic carbocycles. The van der Waals surface area contributed by atoms with Crippen LogP contribution in [0.1, 0.15) is 36.6 Å². The van der Waals surface area contributed by atoms with Crippen molar-refractivity contribution in [3.63, 3.8) is 0 Å². The van der Waals surface area contributed by atoms with Crippen molar-refractivity contribution in [3.05, 3.63) is 35.4 Å². The van der Waals surface area contributed by atoms with E-state index in [1.807, 2.05) is 0 Å². The number of carbonyl (C=O) groups is 1. The van der Waals surface area contributed by atoms with Crippen LogP contribution >= 0.6 is 0 Å². The van der Waals surface area contributed by atoms with Gasteiger partial charge in [-0.25, -0.2) is 0 Å². The Labute approximate surface area is 119 Å². The van der Waals surface area contributed by atoms with E-state index in [4.69, 9.17) is 4.74 Å². The van der Waals surface area contributed by atoms with Crippen LogP contribution in [0.2, 0.25) is 0 Å². The standard InChI is InChI=1S/C16H20N2O2/c1-11-3-2-4-12(9-11)14-17-16(6-7-16)15(19)18(14)13-5-8-20-10-13/h2-4,9,13-14,17H,5-8,10H2,1H3. The molecule has 4 nitrogen and oxygen atoms in total. The molecule has 0 bridgehead atoms. The Balaban J connectivity index is 1.70. The molecule has 1 amide bonds. The number of nitrogens with one attached hydrogen (secondary N) is 1. The van der Waals surface area contributed by atoms with Gasteiger partial charge in [0.25, 0.3) is 0 Å². The van der Waals surface area contributed by atoms with Crippen molar-refractivity contribution in [2.24, 2.45) is 0 Å². The number of amides is 1. The van der Waals surface area contributed by atoms with Gasteiger partial charge in [-0.3, -0.25) is 10.1 Å². The van der Waals surface area contributed by atoms with Gasteiger partial charge in [0.1, 0.15) is 11.7 Å². The van der Waals surface area contributed by atoms with Gasteiger partial charge >= 0.3 is 0 Å². The second kappa shape index (κ2) is 4.30. The van der Waals surface area contributed by atoms with E-state index in [-0.39, 0.29) is 23.7 Å². The molecule has 2 heterocycles. The first-order chi connectivity index (χ1) is 9.70. The number of benzene rings is 1. The Morgan fingerprint density at radius 3 is 2.90 bits per heavy atom. The molecule has 1 saturated carbocycles. The summed E-state index contributed by atoms with van der Waals surface area (Å²) < 4.78 is 5.49. The molecule has 3 aliphatic rings. The van der Waals surface area contributed by atoms with Gasteiger partial charge in [-0.15, -0.1) is 0 Å². The van der Waals surface area contributed by atoms with E-state index in [0.29, 0.717) is 6.61 Å². The lowest BCUT2D eigenvalue weighted by molar-refractivity contribution is -0.133. The fraction of sp³-hybridized carbons (Fsp3) is 0.562. The van der Waals surface area contributed by atoms with Crippen LogP contribution in [0, 0.1) is 6.92 Å². The molecular formula is C16H20N2O2. The second-order valence-corrected chi connectivity index (χ2v) is 6.27. The van der Waals surface area contributed by atoms with Gasteiger partial charge in [0, 0.05) is 6.61 Å². The van der Waals surface area contributed by atoms with Gasteiger partial charge in [-0.1, -0.05) is 29.8 Å². The molecule has 20 heavy (non-hydrogen) atoms. The first-order valence-electron chi connectivity index (χ1n) is 7.44. The molecule has 3 fully saturated rings. The maximum absolute atomic E-state index is 12.8. The zero-order chi connectivity index (χ0) is 13.7. The molecule has 0 radical (unpaired) electrons. The van der Waals surface area contributed by atoms with Crippen LogP contribution in [0.3, 0.4) is 0 Å². The number of rotatable bonds is 2. The van der Waals surface area contributed by atoms with Crippen LogP contribution in [0.25, 0.3) is 0 Å². The van der Waals surface area contributed by atoms with Crippen LogP contribution < -0.4 is 5.32 Å². The zero-order valence-corrected chi connectivity index (χ0v) is 11.8. The van der Waals surface area contributed by atoms with E-state index in [0.717, 1.165) is 25.9 Å². The number of nitrogens with zero attached hydrogens (tertiary/aromatic N) is 1. The van der Waals surface area contributed by atoms with Crippen LogP contribution in [0.5, 0.6) is 0 Å². The van der Waals surface area contributed by atoms with Crippen molar-refractivity contribution in [1.29, 1.82) is 0 Å². The number of hydrogen-bond acceptors (Lipinski definition) is 3. The molecule has 4 rings (SSSR count). The first-order valence-corrected chi connectivity index (χ1v) is 7.44. The molecule has 2 atom stereocenters. The minimum Gasteiger partial charge on any atom is -0.379 e. The predicted molar refractivity (Wildman–Crippen MR) is 75.1 cm³/mol. The SMILES string of the molecule is Cc1cccc(C2NC3(CC3)C(=O)N2C2CCOC2)c1. The molecule has 1 aromatic rings. The average molecular weight is 272 g/mol. The van der Waals surface area contributed by atoms with Crippen LogP contribution in [0.15, 0.2) is 24.3 Å². The van der Waals surface area contributed by atoms with Crippen molar-refractivity contribution in [1.82, 2.24) is 10.2 Å². The summed E-state index contributed by atoms with van der Waals surface area (Å²) in [5.41, 5.74) is 2.15. The Bertz CT molecular complexity index is 547. The largest absolute Gasteiger partial charge is 0.379 e. The zero-order valence-electron chi connectivity index (χ0n) is 11.8. The topological polar surface area (TPSA) is 41.6 Å². The minimum absolute atomic E-state index is 0.0107. The summed E-state index contributed by atoms with van der Waals surface area (Å²) in [5.74, 6) is 0.277. The highest BCUT2D eigenvalue weighted by Crippen LogP contribution is 2.47. The summed E-state index contributed by atoms with van der Waals surface area (Å²) in [5, 5.41) is 3.58. The molecule has 2 saturated heterocycles. The maximum atomic E-state index is 12.8. The lowest BCUT2D eigenvalue weighted by Gasteiger charge is -2.29. The summed E-state index contributed by atoms with van der Waals surface area (Å²) in [6.07, 6.45) is 2.90. The van der Waals surface area contributed by atoms with Crippen LogP contribution in [-0.2, 0) is 9.53 Å². The van der Waals surface area contributed by atoms with Crippen molar-refractivity contribution < 1.29 is 9.53 Å². The summed E-state index contributed by atoms with van der Waals surface area (Å²) in [7, 11) is 0. The Kier molecular flexibility index (Phi) is 2.66. The highest BCUT2D eigenvalue weighted by Gasteiger charge is 2.60. The van der Waals surface area contributed by atoms with Crippen molar-refractivity contribution in [2.45, 2.75) is 43.9 Å². The van der Waals surface area contributed by atoms with E-state index < -0.39 is 0 Å². The van der Waals surface area contributed by atoms with Gasteiger partial charge in [0.2, 0.25) is 5.91 Å². The summed E-state index contributed by atoms with van der Waals surface area (Å²) in [4.78, 5) is 14.8. The molecular weight excluding hydrogens is 252 g/mol. The second-order valence-electron chi connectivity index (χ2n) is 6.27. The van der Waals surface area contributed by atoms with Gasteiger partial charge in [0.05, 0.1) is 12.6 Å². The molecule has 1 aliphatic carbocycles. The lowest BCUT2D eigenvalue weighted by Crippen LogP contribution is -2.40. The van der Waals surface area contributed by atoms with Gasteiger partial charge in [-0.2, -0.15) is 0 Å². The molecule has 2 unspecified atom stereocenters. The monoisotopic (exact) mass is 272 g/mol. The minimum atomic E-state index is -0.267. The smallest absolute Gasteiger partial charge is 0.244 e. The molecule has 2 aliphatic heterocycles. The van der Waals surface area contributed by atoms with Gasteiger partial charge in [-0.05, 0) is 31.7 Å². The molecule has 4 heteroatoms. The number of hydrogen-bond donors (Lipinski definition) is 1. The third-order valence-electron chi connectivity index (χ3n) is 4.74. The average Bonchev–Trinajstić information content (AvgIpc) is 2.90. The highest BCUT2D eigenvalue weighted by molar-refractivity contribution is 5.92. The predicted octanol–water partition coefficient (Wildman–Crippen LogP) is 1.75. The maximum Gasteiger partial charge on any atom is 0.244 e. The Hall–Kier alpha value is -1.39. The van der Waals surface area contributed by atoms with Crippen LogP contribution in [0.4, 0.5) is 0 Å². The number of carbonyl (C=O) groups excluding carboxylic acids is 1. The Morgan fingerprint density at radius 1 is 1.40 bits per heavy atom. The van der Waals surface area contributed by atoms with Crippen molar-refractivity contribution in [3.8, 4) is 0 Å². The van der Waals surface area contributed by atoms with Crippen molar-refractivity contribution >= 4 is 5.91 Å². The number of ether oxygens (including phenoxy) is 1. The van der Waals surface area contributed by atoms with E-state index in [2.05, 4.69) is 41.4 Å². The fourth-order valence-electron chi connectivity index (χ4n) is 3.44. The summed E-state index contributed by atoms with van der Waals surface area (Å²) in [6, 6.07) is 8.67. The molecule has 0 aromatic heterocycles. The van der Waals surface area contributed by atoms with E-state index in [1.54, 1.807) is 0 Å². The summed E-state index contributed by atoms with van der Waals surface area (Å²) in [6.45, 7) is 3.53. The molecule has 106 valence electrons. The first kappa shape index (κ1) is 12.4. The quantitative estimate of drug-likeness (QED) is 0.892.